The van der Waals surface area contributed by atoms with E-state index in [0.29, 0.717) is 17.2 Å². The van der Waals surface area contributed by atoms with Crippen LogP contribution in [0.2, 0.25) is 0 Å². The monoisotopic (exact) mass is 395 g/mol. The molecule has 0 saturated carbocycles. The summed E-state index contributed by atoms with van der Waals surface area (Å²) in [5.41, 5.74) is 4.22. The number of hydrogen-bond acceptors (Lipinski definition) is 5. The highest BCUT2D eigenvalue weighted by atomic mass is 32.1. The van der Waals surface area contributed by atoms with Crippen LogP contribution in [0.1, 0.15) is 29.9 Å². The predicted octanol–water partition coefficient (Wildman–Crippen LogP) is 1.69. The van der Waals surface area contributed by atoms with Gasteiger partial charge in [-0.3, -0.25) is 4.40 Å². The van der Waals surface area contributed by atoms with E-state index in [2.05, 4.69) is 58.4 Å². The fourth-order valence-corrected chi connectivity index (χ4v) is 3.68. The Labute approximate surface area is 168 Å². The molecule has 3 heterocycles. The van der Waals surface area contributed by atoms with Crippen LogP contribution in [0.3, 0.4) is 0 Å². The smallest absolute Gasteiger partial charge is 0.254 e. The molecule has 4 rings (SSSR count). The average molecular weight is 396 g/mol. The van der Waals surface area contributed by atoms with Gasteiger partial charge in [-0.2, -0.15) is 9.78 Å². The molecule has 28 heavy (non-hydrogen) atoms. The van der Waals surface area contributed by atoms with Gasteiger partial charge in [0.2, 0.25) is 4.77 Å². The van der Waals surface area contributed by atoms with Gasteiger partial charge < -0.3 is 4.90 Å². The molecule has 0 aliphatic heterocycles. The zero-order chi connectivity index (χ0) is 19.8. The lowest BCUT2D eigenvalue weighted by Crippen LogP contribution is -3.08. The van der Waals surface area contributed by atoms with Crippen LogP contribution in [0.4, 0.5) is 0 Å². The summed E-state index contributed by atoms with van der Waals surface area (Å²) in [7, 11) is 2.15. The van der Waals surface area contributed by atoms with Crippen LogP contribution in [0.5, 0.6) is 0 Å². The van der Waals surface area contributed by atoms with Crippen molar-refractivity contribution in [1.29, 1.82) is 0 Å². The first-order valence-electron chi connectivity index (χ1n) is 9.15. The molecule has 4 aromatic rings. The fraction of sp³-hybridized carbons (Fsp3) is 0.316. The van der Waals surface area contributed by atoms with Gasteiger partial charge in [-0.25, -0.2) is 14.6 Å². The zero-order valence-electron chi connectivity index (χ0n) is 16.4. The largest absolute Gasteiger partial charge is 0.313 e. The molecule has 3 aromatic heterocycles. The highest BCUT2D eigenvalue weighted by Gasteiger charge is 2.18. The molecular formula is C19H23N8S+. The molecule has 1 N–H and O–H groups in total. The molecule has 0 amide bonds. The number of aromatic nitrogens is 7. The highest BCUT2D eigenvalue weighted by molar-refractivity contribution is 7.71. The second kappa shape index (κ2) is 7.25. The molecule has 9 heteroatoms. The number of aryl methyl sites for hydroxylation is 2. The number of rotatable bonds is 5. The van der Waals surface area contributed by atoms with Crippen LogP contribution in [-0.4, -0.2) is 41.0 Å². The van der Waals surface area contributed by atoms with E-state index < -0.39 is 0 Å². The molecule has 1 unspecified atom stereocenters. The molecule has 0 spiro atoms. The quantitative estimate of drug-likeness (QED) is 0.521. The van der Waals surface area contributed by atoms with Gasteiger partial charge in [0.1, 0.15) is 18.7 Å². The number of hydrogen-bond donors (Lipinski definition) is 1. The Morgan fingerprint density at radius 1 is 1.18 bits per heavy atom. The van der Waals surface area contributed by atoms with E-state index in [9.17, 15) is 0 Å². The second-order valence-corrected chi connectivity index (χ2v) is 7.48. The Hall–Kier alpha value is -2.91. The first-order chi connectivity index (χ1) is 13.4. The minimum atomic E-state index is 0.271. The molecule has 0 fully saturated rings. The molecule has 0 aliphatic carbocycles. The molecule has 0 radical (unpaired) electrons. The van der Waals surface area contributed by atoms with Gasteiger partial charge in [-0.1, -0.05) is 12.1 Å². The van der Waals surface area contributed by atoms with E-state index in [4.69, 9.17) is 12.2 Å². The number of nitrogens with one attached hydrogen (secondary N) is 1. The van der Waals surface area contributed by atoms with E-state index >= 15 is 0 Å². The minimum Gasteiger partial charge on any atom is -0.313 e. The lowest BCUT2D eigenvalue weighted by atomic mass is 10.1. The molecule has 0 bridgehead atoms. The van der Waals surface area contributed by atoms with Crippen molar-refractivity contribution >= 4 is 18.0 Å². The SMILES string of the molecule is Cc1cc(C)n2c(=S)n(C[NH+](C)[C@H](C)c3ccc(-n4cncn4)cc3)nc2n1. The Kier molecular flexibility index (Phi) is 4.78. The van der Waals surface area contributed by atoms with Crippen molar-refractivity contribution < 1.29 is 4.90 Å². The Balaban J connectivity index is 1.56. The maximum Gasteiger partial charge on any atom is 0.254 e. The Bertz CT molecular complexity index is 1160. The Morgan fingerprint density at radius 2 is 1.93 bits per heavy atom. The van der Waals surface area contributed by atoms with Crippen molar-refractivity contribution in [3.8, 4) is 5.69 Å². The van der Waals surface area contributed by atoms with Gasteiger partial charge in [-0.15, -0.1) is 5.10 Å². The van der Waals surface area contributed by atoms with Gasteiger partial charge >= 0.3 is 0 Å². The van der Waals surface area contributed by atoms with Crippen molar-refractivity contribution in [3.63, 3.8) is 0 Å². The number of benzene rings is 1. The average Bonchev–Trinajstić information content (AvgIpc) is 3.30. The van der Waals surface area contributed by atoms with Crippen LogP contribution >= 0.6 is 12.2 Å². The lowest BCUT2D eigenvalue weighted by Gasteiger charge is -2.21. The summed E-state index contributed by atoms with van der Waals surface area (Å²) in [5, 5.41) is 8.79. The molecule has 0 saturated heterocycles. The molecule has 0 aliphatic rings. The maximum absolute atomic E-state index is 5.64. The van der Waals surface area contributed by atoms with Crippen molar-refractivity contribution in [2.45, 2.75) is 33.5 Å². The van der Waals surface area contributed by atoms with Crippen molar-refractivity contribution in [2.24, 2.45) is 0 Å². The van der Waals surface area contributed by atoms with Crippen LogP contribution in [0.15, 0.2) is 43.0 Å². The van der Waals surface area contributed by atoms with E-state index in [1.54, 1.807) is 11.0 Å². The summed E-state index contributed by atoms with van der Waals surface area (Å²) in [6.45, 7) is 6.86. The number of quaternary nitrogens is 1. The van der Waals surface area contributed by atoms with E-state index in [1.165, 1.54) is 16.8 Å². The molecule has 8 nitrogen and oxygen atoms in total. The summed E-state index contributed by atoms with van der Waals surface area (Å²) < 4.78 is 6.21. The van der Waals surface area contributed by atoms with Crippen LogP contribution in [-0.2, 0) is 6.67 Å². The van der Waals surface area contributed by atoms with Crippen molar-refractivity contribution in [1.82, 2.24) is 33.9 Å². The summed E-state index contributed by atoms with van der Waals surface area (Å²) in [6.07, 6.45) is 3.23. The summed E-state index contributed by atoms with van der Waals surface area (Å²) in [5.74, 6) is 0.653. The van der Waals surface area contributed by atoms with Gasteiger partial charge in [0, 0.05) is 17.0 Å². The molecule has 1 aromatic carbocycles. The summed E-state index contributed by atoms with van der Waals surface area (Å²) in [6, 6.07) is 10.7. The first-order valence-corrected chi connectivity index (χ1v) is 9.56. The van der Waals surface area contributed by atoms with E-state index in [1.807, 2.05) is 29.0 Å². The van der Waals surface area contributed by atoms with Crippen molar-refractivity contribution in [3.05, 3.63) is 64.7 Å². The third-order valence-corrected chi connectivity index (χ3v) is 5.48. The summed E-state index contributed by atoms with van der Waals surface area (Å²) in [4.78, 5) is 9.77. The normalized spacial score (nSPS) is 13.7. The third-order valence-electron chi connectivity index (χ3n) is 5.08. The van der Waals surface area contributed by atoms with Gasteiger partial charge in [-0.05, 0) is 51.2 Å². The van der Waals surface area contributed by atoms with Crippen LogP contribution in [0, 0.1) is 18.6 Å². The fourth-order valence-electron chi connectivity index (χ4n) is 3.35. The predicted molar refractivity (Wildman–Crippen MR) is 108 cm³/mol. The number of fused-ring (bicyclic) bond motifs is 1. The standard InChI is InChI=1S/C19H22N8S/c1-13-9-14(2)27-18(22-13)23-26(19(27)28)12-24(4)15(3)16-5-7-17(8-6-16)25-11-20-10-21-25/h5-11,15H,12H2,1-4H3/p+1/t15-/m1/s1. The topological polar surface area (TPSA) is 70.3 Å². The Morgan fingerprint density at radius 3 is 2.61 bits per heavy atom. The van der Waals surface area contributed by atoms with E-state index in [-0.39, 0.29) is 6.04 Å². The molecule has 2 atom stereocenters. The third kappa shape index (κ3) is 3.34. The van der Waals surface area contributed by atoms with Crippen LogP contribution < -0.4 is 4.90 Å². The molecular weight excluding hydrogens is 372 g/mol. The first kappa shape index (κ1) is 18.5. The van der Waals surface area contributed by atoms with E-state index in [0.717, 1.165) is 17.1 Å². The van der Waals surface area contributed by atoms with Gasteiger partial charge in [0.15, 0.2) is 6.67 Å². The van der Waals surface area contributed by atoms with Crippen molar-refractivity contribution in [2.75, 3.05) is 7.05 Å². The second-order valence-electron chi connectivity index (χ2n) is 7.11. The summed E-state index contributed by atoms with van der Waals surface area (Å²) >= 11 is 5.64. The highest BCUT2D eigenvalue weighted by Crippen LogP contribution is 2.13. The van der Waals surface area contributed by atoms with Crippen LogP contribution in [0.25, 0.3) is 11.5 Å². The number of nitrogens with zero attached hydrogens (tertiary/aromatic N) is 7. The minimum absolute atomic E-state index is 0.271. The zero-order valence-corrected chi connectivity index (χ0v) is 17.2. The van der Waals surface area contributed by atoms with Gasteiger partial charge in [0.05, 0.1) is 12.7 Å². The van der Waals surface area contributed by atoms with Gasteiger partial charge in [0.25, 0.3) is 5.78 Å². The lowest BCUT2D eigenvalue weighted by molar-refractivity contribution is -0.933. The molecule has 144 valence electrons. The maximum atomic E-state index is 5.64.